The van der Waals surface area contributed by atoms with Crippen LogP contribution in [0, 0.1) is 5.92 Å². The molecule has 1 rings (SSSR count). The minimum absolute atomic E-state index is 0.0850. The van der Waals surface area contributed by atoms with Crippen molar-refractivity contribution >= 4 is 11.9 Å². The summed E-state index contributed by atoms with van der Waals surface area (Å²) in [6.07, 6.45) is 2.00. The molecule has 0 aliphatic rings. The van der Waals surface area contributed by atoms with Crippen LogP contribution in [0.25, 0.3) is 0 Å². The van der Waals surface area contributed by atoms with Gasteiger partial charge in [0.25, 0.3) is 0 Å². The van der Waals surface area contributed by atoms with E-state index in [9.17, 15) is 4.79 Å². The lowest BCUT2D eigenvalue weighted by atomic mass is 10.1. The fourth-order valence-corrected chi connectivity index (χ4v) is 1.06. The Kier molecular flexibility index (Phi) is 4.03. The second-order valence-electron chi connectivity index (χ2n) is 3.57. The molecule has 0 aliphatic heterocycles. The number of rotatable bonds is 4. The Balaban J connectivity index is 2.60. The van der Waals surface area contributed by atoms with Gasteiger partial charge in [0.05, 0.1) is 7.11 Å². The molecule has 0 atom stereocenters. The average Bonchev–Trinajstić information content (AvgIpc) is 2.16. The second kappa shape index (κ2) is 5.29. The van der Waals surface area contributed by atoms with Crippen LogP contribution in [0.1, 0.15) is 20.3 Å². The molecule has 5 heteroatoms. The van der Waals surface area contributed by atoms with E-state index in [-0.39, 0.29) is 11.9 Å². The molecule has 0 saturated heterocycles. The van der Waals surface area contributed by atoms with E-state index in [4.69, 9.17) is 4.74 Å². The zero-order valence-corrected chi connectivity index (χ0v) is 9.15. The van der Waals surface area contributed by atoms with Crippen molar-refractivity contribution in [2.24, 2.45) is 5.92 Å². The van der Waals surface area contributed by atoms with Crippen LogP contribution in [0.3, 0.4) is 0 Å². The molecule has 0 unspecified atom stereocenters. The first kappa shape index (κ1) is 11.4. The quantitative estimate of drug-likeness (QED) is 0.815. The van der Waals surface area contributed by atoms with Crippen LogP contribution in [-0.2, 0) is 4.79 Å². The number of ether oxygens (including phenoxy) is 1. The lowest BCUT2D eigenvalue weighted by molar-refractivity contribution is -0.116. The summed E-state index contributed by atoms with van der Waals surface area (Å²) in [5.74, 6) is 0.943. The number of hydrogen-bond acceptors (Lipinski definition) is 4. The van der Waals surface area contributed by atoms with Gasteiger partial charge in [0.1, 0.15) is 0 Å². The Morgan fingerprint density at radius 3 is 2.93 bits per heavy atom. The zero-order chi connectivity index (χ0) is 11.3. The molecule has 0 fully saturated rings. The lowest BCUT2D eigenvalue weighted by Gasteiger charge is -2.06. The predicted octanol–water partition coefficient (Wildman–Crippen LogP) is 1.47. The van der Waals surface area contributed by atoms with Crippen molar-refractivity contribution in [1.82, 2.24) is 9.97 Å². The highest BCUT2D eigenvalue weighted by Gasteiger charge is 2.07. The molecular weight excluding hydrogens is 194 g/mol. The number of methoxy groups -OCH3 is 1. The molecule has 1 heterocycles. The predicted molar refractivity (Wildman–Crippen MR) is 56.7 cm³/mol. The van der Waals surface area contributed by atoms with Crippen LogP contribution in [0.5, 0.6) is 5.88 Å². The van der Waals surface area contributed by atoms with Crippen molar-refractivity contribution in [3.63, 3.8) is 0 Å². The zero-order valence-electron chi connectivity index (χ0n) is 9.15. The van der Waals surface area contributed by atoms with Crippen LogP contribution in [-0.4, -0.2) is 23.0 Å². The van der Waals surface area contributed by atoms with Gasteiger partial charge in [-0.1, -0.05) is 13.8 Å². The normalized spacial score (nSPS) is 10.1. The molecule has 0 radical (unpaired) electrons. The van der Waals surface area contributed by atoms with E-state index < -0.39 is 0 Å². The van der Waals surface area contributed by atoms with E-state index in [2.05, 4.69) is 15.3 Å². The van der Waals surface area contributed by atoms with Gasteiger partial charge >= 0.3 is 0 Å². The Morgan fingerprint density at radius 2 is 2.33 bits per heavy atom. The fourth-order valence-electron chi connectivity index (χ4n) is 1.06. The Bertz CT molecular complexity index is 339. The van der Waals surface area contributed by atoms with Crippen molar-refractivity contribution in [2.45, 2.75) is 20.3 Å². The van der Waals surface area contributed by atoms with Gasteiger partial charge in [-0.25, -0.2) is 4.98 Å². The molecule has 0 aromatic carbocycles. The lowest BCUT2D eigenvalue weighted by Crippen LogP contribution is -2.15. The Hall–Kier alpha value is -1.65. The standard InChI is InChI=1S/C10H15N3O2/c1-7(2)6-8(14)12-10-11-5-4-9(13-10)15-3/h4-5,7H,6H2,1-3H3,(H,11,12,13,14). The number of nitrogens with zero attached hydrogens (tertiary/aromatic N) is 2. The van der Waals surface area contributed by atoms with Crippen molar-refractivity contribution < 1.29 is 9.53 Å². The molecular formula is C10H15N3O2. The fraction of sp³-hybridized carbons (Fsp3) is 0.500. The van der Waals surface area contributed by atoms with Gasteiger partial charge in [0.15, 0.2) is 0 Å². The molecule has 1 N–H and O–H groups in total. The first-order chi connectivity index (χ1) is 7.11. The molecule has 0 spiro atoms. The number of nitrogens with one attached hydrogen (secondary N) is 1. The number of hydrogen-bond donors (Lipinski definition) is 1. The van der Waals surface area contributed by atoms with Crippen molar-refractivity contribution in [3.05, 3.63) is 12.3 Å². The summed E-state index contributed by atoms with van der Waals surface area (Å²) in [5.41, 5.74) is 0. The summed E-state index contributed by atoms with van der Waals surface area (Å²) >= 11 is 0. The molecule has 1 aromatic rings. The van der Waals surface area contributed by atoms with E-state index in [0.29, 0.717) is 18.2 Å². The monoisotopic (exact) mass is 209 g/mol. The van der Waals surface area contributed by atoms with Gasteiger partial charge in [-0.05, 0) is 5.92 Å². The van der Waals surface area contributed by atoms with Gasteiger partial charge < -0.3 is 4.74 Å². The van der Waals surface area contributed by atoms with Gasteiger partial charge in [0, 0.05) is 18.7 Å². The summed E-state index contributed by atoms with van der Waals surface area (Å²) in [4.78, 5) is 19.3. The number of anilines is 1. The van der Waals surface area contributed by atoms with Crippen LogP contribution < -0.4 is 10.1 Å². The number of amides is 1. The summed E-state index contributed by atoms with van der Waals surface area (Å²) in [6, 6.07) is 1.62. The van der Waals surface area contributed by atoms with Crippen LogP contribution >= 0.6 is 0 Å². The smallest absolute Gasteiger partial charge is 0.232 e. The minimum atomic E-state index is -0.0850. The Morgan fingerprint density at radius 1 is 1.60 bits per heavy atom. The third-order valence-corrected chi connectivity index (χ3v) is 1.68. The molecule has 82 valence electrons. The number of carbonyl (C=O) groups is 1. The maximum Gasteiger partial charge on any atom is 0.232 e. The highest BCUT2D eigenvalue weighted by atomic mass is 16.5. The topological polar surface area (TPSA) is 64.1 Å². The third kappa shape index (κ3) is 3.93. The van der Waals surface area contributed by atoms with Crippen LogP contribution in [0.4, 0.5) is 5.95 Å². The molecule has 0 bridgehead atoms. The highest BCUT2D eigenvalue weighted by Crippen LogP contribution is 2.08. The Labute approximate surface area is 88.9 Å². The van der Waals surface area contributed by atoms with Crippen LogP contribution in [0.2, 0.25) is 0 Å². The second-order valence-corrected chi connectivity index (χ2v) is 3.57. The summed E-state index contributed by atoms with van der Waals surface area (Å²) in [5, 5.41) is 2.61. The summed E-state index contributed by atoms with van der Waals surface area (Å²) in [6.45, 7) is 3.96. The largest absolute Gasteiger partial charge is 0.481 e. The molecule has 0 saturated carbocycles. The molecule has 1 amide bonds. The first-order valence-corrected chi connectivity index (χ1v) is 4.78. The minimum Gasteiger partial charge on any atom is -0.481 e. The van der Waals surface area contributed by atoms with Gasteiger partial charge in [-0.2, -0.15) is 4.98 Å². The first-order valence-electron chi connectivity index (χ1n) is 4.78. The maximum atomic E-state index is 11.4. The average molecular weight is 209 g/mol. The highest BCUT2D eigenvalue weighted by molar-refractivity contribution is 5.89. The maximum absolute atomic E-state index is 11.4. The summed E-state index contributed by atoms with van der Waals surface area (Å²) in [7, 11) is 1.52. The van der Waals surface area contributed by atoms with Gasteiger partial charge in [-0.3, -0.25) is 10.1 Å². The van der Waals surface area contributed by atoms with E-state index in [1.54, 1.807) is 6.07 Å². The van der Waals surface area contributed by atoms with E-state index in [1.807, 2.05) is 13.8 Å². The third-order valence-electron chi connectivity index (χ3n) is 1.68. The van der Waals surface area contributed by atoms with Gasteiger partial charge in [0.2, 0.25) is 17.7 Å². The van der Waals surface area contributed by atoms with Crippen molar-refractivity contribution in [2.75, 3.05) is 12.4 Å². The van der Waals surface area contributed by atoms with Crippen molar-refractivity contribution in [3.8, 4) is 5.88 Å². The number of aromatic nitrogens is 2. The molecule has 15 heavy (non-hydrogen) atoms. The van der Waals surface area contributed by atoms with Gasteiger partial charge in [-0.15, -0.1) is 0 Å². The van der Waals surface area contributed by atoms with E-state index >= 15 is 0 Å². The SMILES string of the molecule is COc1ccnc(NC(=O)CC(C)C)n1. The molecule has 5 nitrogen and oxygen atoms in total. The van der Waals surface area contributed by atoms with E-state index in [0.717, 1.165) is 0 Å². The number of carbonyl (C=O) groups excluding carboxylic acids is 1. The molecule has 0 aliphatic carbocycles. The molecule has 1 aromatic heterocycles. The van der Waals surface area contributed by atoms with Crippen LogP contribution in [0.15, 0.2) is 12.3 Å². The van der Waals surface area contributed by atoms with Crippen molar-refractivity contribution in [1.29, 1.82) is 0 Å². The van der Waals surface area contributed by atoms with E-state index in [1.165, 1.54) is 13.3 Å². The summed E-state index contributed by atoms with van der Waals surface area (Å²) < 4.78 is 4.92.